The van der Waals surface area contributed by atoms with E-state index in [1.165, 1.54) is 13.2 Å². The summed E-state index contributed by atoms with van der Waals surface area (Å²) in [5.74, 6) is -1.90. The third-order valence-electron chi connectivity index (χ3n) is 5.92. The highest BCUT2D eigenvalue weighted by Crippen LogP contribution is 2.34. The highest BCUT2D eigenvalue weighted by molar-refractivity contribution is 6.24. The fourth-order valence-electron chi connectivity index (χ4n) is 4.10. The lowest BCUT2D eigenvalue weighted by Gasteiger charge is -2.27. The number of hydrazine groups is 1. The zero-order valence-corrected chi connectivity index (χ0v) is 20.6. The molecule has 1 heterocycles. The molecular weight excluding hydrogens is 470 g/mol. The Bertz CT molecular complexity index is 1340. The lowest BCUT2D eigenvalue weighted by atomic mass is 10.1. The van der Waals surface area contributed by atoms with Gasteiger partial charge in [0.25, 0.3) is 11.8 Å². The van der Waals surface area contributed by atoms with Crippen molar-refractivity contribution in [2.75, 3.05) is 12.0 Å². The zero-order valence-electron chi connectivity index (χ0n) is 20.6. The summed E-state index contributed by atoms with van der Waals surface area (Å²) in [5.41, 5.74) is 5.20. The molecular formula is C29H27N3O5. The van der Waals surface area contributed by atoms with Gasteiger partial charge in [-0.05, 0) is 41.8 Å². The first-order valence-corrected chi connectivity index (χ1v) is 11.8. The summed E-state index contributed by atoms with van der Waals surface area (Å²) in [7, 11) is 1.45. The van der Waals surface area contributed by atoms with Crippen molar-refractivity contribution >= 4 is 35.4 Å². The van der Waals surface area contributed by atoms with Crippen molar-refractivity contribution in [2.45, 2.75) is 25.8 Å². The van der Waals surface area contributed by atoms with Crippen molar-refractivity contribution in [3.8, 4) is 5.75 Å². The van der Waals surface area contributed by atoms with Crippen LogP contribution in [0.25, 0.3) is 6.08 Å². The van der Waals surface area contributed by atoms with E-state index < -0.39 is 29.7 Å². The van der Waals surface area contributed by atoms with E-state index in [2.05, 4.69) is 5.43 Å². The van der Waals surface area contributed by atoms with Gasteiger partial charge in [0.2, 0.25) is 11.8 Å². The minimum Gasteiger partial charge on any atom is -0.495 e. The number of rotatable bonds is 7. The normalized spacial score (nSPS) is 15.2. The highest BCUT2D eigenvalue weighted by Gasteiger charge is 2.45. The van der Waals surface area contributed by atoms with Crippen LogP contribution in [0.15, 0.2) is 84.9 Å². The van der Waals surface area contributed by atoms with Crippen LogP contribution in [-0.4, -0.2) is 41.8 Å². The number of hydrogen-bond donors (Lipinski definition) is 1. The smallest absolute Gasteiger partial charge is 0.265 e. The van der Waals surface area contributed by atoms with Gasteiger partial charge in [-0.25, -0.2) is 9.91 Å². The molecule has 8 nitrogen and oxygen atoms in total. The van der Waals surface area contributed by atoms with Gasteiger partial charge in [-0.15, -0.1) is 0 Å². The van der Waals surface area contributed by atoms with Crippen LogP contribution in [-0.2, 0) is 25.6 Å². The summed E-state index contributed by atoms with van der Waals surface area (Å²) < 4.78 is 5.36. The van der Waals surface area contributed by atoms with Crippen molar-refractivity contribution in [1.82, 2.24) is 10.4 Å². The number of nitrogens with one attached hydrogen (secondary N) is 1. The Labute approximate surface area is 215 Å². The van der Waals surface area contributed by atoms with Gasteiger partial charge in [0.1, 0.15) is 11.8 Å². The quantitative estimate of drug-likeness (QED) is 0.307. The van der Waals surface area contributed by atoms with Gasteiger partial charge >= 0.3 is 0 Å². The number of benzene rings is 3. The molecule has 4 amide bonds. The number of hydrogen-bond acceptors (Lipinski definition) is 5. The first-order chi connectivity index (χ1) is 17.9. The molecule has 4 rings (SSSR count). The van der Waals surface area contributed by atoms with Gasteiger partial charge in [0.15, 0.2) is 0 Å². The predicted octanol–water partition coefficient (Wildman–Crippen LogP) is 3.45. The SMILES string of the molecule is COc1ccc(C)cc1N1C(=O)CC(N(NC(=O)Cc2ccccc2)C(=O)C=Cc2ccccc2)C1=O. The molecule has 0 radical (unpaired) electrons. The number of carbonyl (C=O) groups is 4. The van der Waals surface area contributed by atoms with E-state index in [0.29, 0.717) is 11.4 Å². The van der Waals surface area contributed by atoms with E-state index in [-0.39, 0.29) is 12.8 Å². The van der Waals surface area contributed by atoms with Crippen LogP contribution in [0.3, 0.4) is 0 Å². The summed E-state index contributed by atoms with van der Waals surface area (Å²) in [6.45, 7) is 1.83. The third kappa shape index (κ3) is 5.92. The van der Waals surface area contributed by atoms with E-state index in [1.807, 2.05) is 43.3 Å². The van der Waals surface area contributed by atoms with E-state index in [1.54, 1.807) is 48.5 Å². The van der Waals surface area contributed by atoms with E-state index in [0.717, 1.165) is 26.6 Å². The second-order valence-corrected chi connectivity index (χ2v) is 8.61. The fraction of sp³-hybridized carbons (Fsp3) is 0.172. The first-order valence-electron chi connectivity index (χ1n) is 11.8. The van der Waals surface area contributed by atoms with Crippen LogP contribution < -0.4 is 15.1 Å². The molecule has 37 heavy (non-hydrogen) atoms. The van der Waals surface area contributed by atoms with Crippen molar-refractivity contribution in [3.05, 3.63) is 102 Å². The highest BCUT2D eigenvalue weighted by atomic mass is 16.5. The Morgan fingerprint density at radius 2 is 1.70 bits per heavy atom. The first kappa shape index (κ1) is 25.4. The Morgan fingerprint density at radius 3 is 2.38 bits per heavy atom. The number of amides is 4. The average Bonchev–Trinajstić information content (AvgIpc) is 3.20. The lowest BCUT2D eigenvalue weighted by molar-refractivity contribution is -0.143. The number of anilines is 1. The topological polar surface area (TPSA) is 96.0 Å². The molecule has 1 aliphatic heterocycles. The Hall–Kier alpha value is -4.72. The molecule has 0 spiro atoms. The van der Waals surface area contributed by atoms with Gasteiger partial charge < -0.3 is 4.74 Å². The number of aryl methyl sites for hydroxylation is 1. The largest absolute Gasteiger partial charge is 0.495 e. The summed E-state index contributed by atoms with van der Waals surface area (Å²) >= 11 is 0. The van der Waals surface area contributed by atoms with Crippen LogP contribution >= 0.6 is 0 Å². The van der Waals surface area contributed by atoms with Gasteiger partial charge in [-0.1, -0.05) is 66.7 Å². The number of nitrogens with zero attached hydrogens (tertiary/aromatic N) is 2. The molecule has 8 heteroatoms. The van der Waals surface area contributed by atoms with E-state index in [4.69, 9.17) is 4.74 Å². The molecule has 1 atom stereocenters. The van der Waals surface area contributed by atoms with Crippen molar-refractivity contribution in [1.29, 1.82) is 0 Å². The van der Waals surface area contributed by atoms with Gasteiger partial charge in [0, 0.05) is 6.08 Å². The zero-order chi connectivity index (χ0) is 26.4. The summed E-state index contributed by atoms with van der Waals surface area (Å²) in [6.07, 6.45) is 2.57. The molecule has 1 fully saturated rings. The summed E-state index contributed by atoms with van der Waals surface area (Å²) in [6, 6.07) is 22.1. The molecule has 1 aliphatic rings. The molecule has 188 valence electrons. The number of carbonyl (C=O) groups excluding carboxylic acids is 4. The average molecular weight is 498 g/mol. The lowest BCUT2D eigenvalue weighted by Crippen LogP contribution is -2.54. The van der Waals surface area contributed by atoms with Crippen LogP contribution in [0.1, 0.15) is 23.1 Å². The molecule has 1 N–H and O–H groups in total. The van der Waals surface area contributed by atoms with Crippen LogP contribution in [0.2, 0.25) is 0 Å². The molecule has 3 aromatic rings. The second kappa shape index (κ2) is 11.3. The van der Waals surface area contributed by atoms with Gasteiger partial charge in [-0.2, -0.15) is 0 Å². The number of ether oxygens (including phenoxy) is 1. The number of methoxy groups -OCH3 is 1. The van der Waals surface area contributed by atoms with E-state index >= 15 is 0 Å². The maximum atomic E-state index is 13.5. The minimum absolute atomic E-state index is 0.00268. The Kier molecular flexibility index (Phi) is 7.78. The molecule has 3 aromatic carbocycles. The Morgan fingerprint density at radius 1 is 1.03 bits per heavy atom. The maximum absolute atomic E-state index is 13.5. The molecule has 0 saturated carbocycles. The third-order valence-corrected chi connectivity index (χ3v) is 5.92. The van der Waals surface area contributed by atoms with Crippen molar-refractivity contribution < 1.29 is 23.9 Å². The molecule has 1 unspecified atom stereocenters. The second-order valence-electron chi connectivity index (χ2n) is 8.61. The van der Waals surface area contributed by atoms with Gasteiger partial charge in [-0.3, -0.25) is 24.6 Å². The monoisotopic (exact) mass is 497 g/mol. The summed E-state index contributed by atoms with van der Waals surface area (Å²) in [4.78, 5) is 53.8. The molecule has 1 saturated heterocycles. The van der Waals surface area contributed by atoms with Crippen LogP contribution in [0.5, 0.6) is 5.75 Å². The molecule has 0 aromatic heterocycles. The fourth-order valence-corrected chi connectivity index (χ4v) is 4.10. The standard InChI is InChI=1S/C29H27N3O5/c1-20-13-15-25(37-2)23(17-20)31-28(35)19-24(29(31)36)32(27(34)16-14-21-9-5-3-6-10-21)30-26(33)18-22-11-7-4-8-12-22/h3-17,24H,18-19H2,1-2H3,(H,30,33). The van der Waals surface area contributed by atoms with Crippen LogP contribution in [0.4, 0.5) is 5.69 Å². The molecule has 0 bridgehead atoms. The minimum atomic E-state index is -1.22. The van der Waals surface area contributed by atoms with Crippen LogP contribution in [0, 0.1) is 6.92 Å². The summed E-state index contributed by atoms with van der Waals surface area (Å²) in [5, 5.41) is 0.952. The van der Waals surface area contributed by atoms with Gasteiger partial charge in [0.05, 0.1) is 25.6 Å². The predicted molar refractivity (Wildman–Crippen MR) is 139 cm³/mol. The Balaban J connectivity index is 1.63. The maximum Gasteiger partial charge on any atom is 0.265 e. The molecule has 0 aliphatic carbocycles. The van der Waals surface area contributed by atoms with Crippen molar-refractivity contribution in [3.63, 3.8) is 0 Å². The van der Waals surface area contributed by atoms with E-state index in [9.17, 15) is 19.2 Å². The number of imide groups is 1. The van der Waals surface area contributed by atoms with Crippen molar-refractivity contribution in [2.24, 2.45) is 0 Å².